The summed E-state index contributed by atoms with van der Waals surface area (Å²) in [6.45, 7) is 2.61. The number of aryl methyl sites for hydroxylation is 1. The van der Waals surface area contributed by atoms with E-state index in [-0.39, 0.29) is 5.56 Å². The molecular weight excluding hydrogens is 372 g/mol. The van der Waals surface area contributed by atoms with Gasteiger partial charge in [0.05, 0.1) is 10.2 Å². The average molecular weight is 385 g/mol. The molecule has 1 amide bonds. The van der Waals surface area contributed by atoms with E-state index in [0.29, 0.717) is 27.3 Å². The van der Waals surface area contributed by atoms with Crippen molar-refractivity contribution in [1.29, 1.82) is 0 Å². The molecular formula is C19H13ClN2O3S. The first kappa shape index (κ1) is 16.8. The summed E-state index contributed by atoms with van der Waals surface area (Å²) in [5, 5.41) is 1.30. The van der Waals surface area contributed by atoms with Crippen LogP contribution in [0.2, 0.25) is 5.02 Å². The van der Waals surface area contributed by atoms with Crippen LogP contribution in [0, 0.1) is 0 Å². The standard InChI is InChI=1S/C19H13ClN2O3S/c1-2-22-14-8-7-12(20)10-16(14)26-19(22)21-17(23)13-9-11-5-3-4-6-15(11)25-18(13)24/h3-10H,2H2,1H3. The lowest BCUT2D eigenvalue weighted by atomic mass is 10.2. The zero-order valence-corrected chi connectivity index (χ0v) is 15.3. The van der Waals surface area contributed by atoms with Crippen molar-refractivity contribution >= 4 is 50.0 Å². The number of carbonyl (C=O) groups is 1. The number of para-hydroxylation sites is 1. The van der Waals surface area contributed by atoms with E-state index in [4.69, 9.17) is 16.0 Å². The van der Waals surface area contributed by atoms with Gasteiger partial charge in [0.25, 0.3) is 5.91 Å². The van der Waals surface area contributed by atoms with Crippen LogP contribution in [0.15, 0.2) is 62.7 Å². The van der Waals surface area contributed by atoms with E-state index in [2.05, 4.69) is 4.99 Å². The number of carbonyl (C=O) groups excluding carboxylic acids is 1. The normalized spacial score (nSPS) is 12.2. The average Bonchev–Trinajstić information content (AvgIpc) is 2.96. The van der Waals surface area contributed by atoms with Gasteiger partial charge in [-0.3, -0.25) is 4.79 Å². The number of halogens is 1. The SMILES string of the molecule is CCn1c(=NC(=O)c2cc3ccccc3oc2=O)sc2cc(Cl)ccc21. The van der Waals surface area contributed by atoms with E-state index in [1.165, 1.54) is 17.4 Å². The number of nitrogens with zero attached hydrogens (tertiary/aromatic N) is 2. The molecule has 7 heteroatoms. The lowest BCUT2D eigenvalue weighted by molar-refractivity contribution is 0.0994. The van der Waals surface area contributed by atoms with Crippen LogP contribution in [-0.4, -0.2) is 10.5 Å². The Hall–Kier alpha value is -2.70. The second-order valence-electron chi connectivity index (χ2n) is 5.64. The monoisotopic (exact) mass is 384 g/mol. The number of thiazole rings is 1. The number of benzene rings is 2. The molecule has 0 saturated heterocycles. The number of hydrogen-bond acceptors (Lipinski definition) is 4. The molecule has 0 atom stereocenters. The first-order valence-electron chi connectivity index (χ1n) is 7.97. The molecule has 2 heterocycles. The maximum atomic E-state index is 12.6. The molecule has 0 N–H and O–H groups in total. The van der Waals surface area contributed by atoms with Crippen LogP contribution >= 0.6 is 22.9 Å². The Kier molecular flexibility index (Phi) is 4.22. The predicted octanol–water partition coefficient (Wildman–Crippen LogP) is 4.22. The molecule has 26 heavy (non-hydrogen) atoms. The molecule has 0 radical (unpaired) electrons. The highest BCUT2D eigenvalue weighted by Crippen LogP contribution is 2.22. The molecule has 0 spiro atoms. The van der Waals surface area contributed by atoms with Gasteiger partial charge in [0.1, 0.15) is 11.1 Å². The van der Waals surface area contributed by atoms with Gasteiger partial charge in [-0.25, -0.2) is 4.79 Å². The third-order valence-electron chi connectivity index (χ3n) is 4.03. The molecule has 4 aromatic rings. The van der Waals surface area contributed by atoms with Gasteiger partial charge in [-0.05, 0) is 37.3 Å². The molecule has 0 fully saturated rings. The molecule has 0 aliphatic carbocycles. The lowest BCUT2D eigenvalue weighted by Crippen LogP contribution is -2.19. The number of aromatic nitrogens is 1. The van der Waals surface area contributed by atoms with E-state index >= 15 is 0 Å². The molecule has 0 bridgehead atoms. The predicted molar refractivity (Wildman–Crippen MR) is 103 cm³/mol. The molecule has 0 unspecified atom stereocenters. The topological polar surface area (TPSA) is 64.6 Å². The van der Waals surface area contributed by atoms with Gasteiger partial charge in [0, 0.05) is 17.0 Å². The Morgan fingerprint density at radius 1 is 1.23 bits per heavy atom. The fourth-order valence-electron chi connectivity index (χ4n) is 2.80. The minimum Gasteiger partial charge on any atom is -0.422 e. The second-order valence-corrected chi connectivity index (χ2v) is 7.09. The molecule has 0 saturated carbocycles. The minimum absolute atomic E-state index is 0.0816. The highest BCUT2D eigenvalue weighted by molar-refractivity contribution is 7.16. The minimum atomic E-state index is -0.690. The summed E-state index contributed by atoms with van der Waals surface area (Å²) in [6.07, 6.45) is 0. The Morgan fingerprint density at radius 3 is 2.85 bits per heavy atom. The van der Waals surface area contributed by atoms with E-state index in [0.717, 1.165) is 10.2 Å². The van der Waals surface area contributed by atoms with Gasteiger partial charge >= 0.3 is 5.63 Å². The van der Waals surface area contributed by atoms with Gasteiger partial charge in [-0.2, -0.15) is 4.99 Å². The summed E-state index contributed by atoms with van der Waals surface area (Å²) in [5.41, 5.74) is 0.611. The van der Waals surface area contributed by atoms with Gasteiger partial charge < -0.3 is 8.98 Å². The Balaban J connectivity index is 1.89. The van der Waals surface area contributed by atoms with Crippen molar-refractivity contribution in [3.05, 3.63) is 74.3 Å². The molecule has 0 aliphatic rings. The third kappa shape index (κ3) is 2.87. The van der Waals surface area contributed by atoms with Crippen LogP contribution in [0.5, 0.6) is 0 Å². The van der Waals surface area contributed by atoms with Gasteiger partial charge in [0.15, 0.2) is 4.80 Å². The zero-order chi connectivity index (χ0) is 18.3. The van der Waals surface area contributed by atoms with Gasteiger partial charge in [-0.1, -0.05) is 41.1 Å². The maximum absolute atomic E-state index is 12.6. The zero-order valence-electron chi connectivity index (χ0n) is 13.7. The van der Waals surface area contributed by atoms with Gasteiger partial charge in [0.2, 0.25) is 0 Å². The van der Waals surface area contributed by atoms with E-state index in [1.54, 1.807) is 24.3 Å². The maximum Gasteiger partial charge on any atom is 0.349 e. The lowest BCUT2D eigenvalue weighted by Gasteiger charge is -2.00. The van der Waals surface area contributed by atoms with Crippen LogP contribution < -0.4 is 10.4 Å². The largest absolute Gasteiger partial charge is 0.422 e. The molecule has 2 aromatic heterocycles. The van der Waals surface area contributed by atoms with Crippen molar-refractivity contribution in [2.75, 3.05) is 0 Å². The van der Waals surface area contributed by atoms with Crippen LogP contribution in [-0.2, 0) is 6.54 Å². The van der Waals surface area contributed by atoms with E-state index in [1.807, 2.05) is 29.7 Å². The Morgan fingerprint density at radius 2 is 2.04 bits per heavy atom. The van der Waals surface area contributed by atoms with Crippen LogP contribution in [0.4, 0.5) is 0 Å². The summed E-state index contributed by atoms with van der Waals surface area (Å²) < 4.78 is 8.07. The second kappa shape index (κ2) is 6.55. The number of fused-ring (bicyclic) bond motifs is 2. The highest BCUT2D eigenvalue weighted by Gasteiger charge is 2.14. The molecule has 130 valence electrons. The summed E-state index contributed by atoms with van der Waals surface area (Å²) in [6, 6.07) is 14.1. The quantitative estimate of drug-likeness (QED) is 0.486. The van der Waals surface area contributed by atoms with Crippen LogP contribution in [0.25, 0.3) is 21.2 Å². The Labute approximate surface area is 156 Å². The summed E-state index contributed by atoms with van der Waals surface area (Å²) >= 11 is 7.40. The molecule has 5 nitrogen and oxygen atoms in total. The summed E-state index contributed by atoms with van der Waals surface area (Å²) in [7, 11) is 0. The molecule has 2 aromatic carbocycles. The first-order chi connectivity index (χ1) is 12.6. The van der Waals surface area contributed by atoms with Crippen molar-refractivity contribution in [2.45, 2.75) is 13.5 Å². The van der Waals surface area contributed by atoms with Crippen molar-refractivity contribution in [2.24, 2.45) is 4.99 Å². The molecule has 4 rings (SSSR count). The number of hydrogen-bond donors (Lipinski definition) is 0. The van der Waals surface area contributed by atoms with Crippen LogP contribution in [0.1, 0.15) is 17.3 Å². The Bertz CT molecular complexity index is 1280. The van der Waals surface area contributed by atoms with Crippen LogP contribution in [0.3, 0.4) is 0 Å². The number of rotatable bonds is 2. The van der Waals surface area contributed by atoms with E-state index in [9.17, 15) is 9.59 Å². The molecule has 0 aliphatic heterocycles. The van der Waals surface area contributed by atoms with Crippen molar-refractivity contribution in [3.8, 4) is 0 Å². The summed E-state index contributed by atoms with van der Waals surface area (Å²) in [4.78, 5) is 29.5. The fourth-order valence-corrected chi connectivity index (χ4v) is 4.16. The summed E-state index contributed by atoms with van der Waals surface area (Å²) in [5.74, 6) is -0.621. The first-order valence-corrected chi connectivity index (χ1v) is 9.17. The highest BCUT2D eigenvalue weighted by atomic mass is 35.5. The van der Waals surface area contributed by atoms with Crippen molar-refractivity contribution in [3.63, 3.8) is 0 Å². The fraction of sp³-hybridized carbons (Fsp3) is 0.105. The van der Waals surface area contributed by atoms with E-state index < -0.39 is 11.5 Å². The third-order valence-corrected chi connectivity index (χ3v) is 5.31. The van der Waals surface area contributed by atoms with Gasteiger partial charge in [-0.15, -0.1) is 0 Å². The number of amides is 1. The smallest absolute Gasteiger partial charge is 0.349 e. The van der Waals surface area contributed by atoms with Crippen molar-refractivity contribution in [1.82, 2.24) is 4.57 Å². The van der Waals surface area contributed by atoms with Crippen molar-refractivity contribution < 1.29 is 9.21 Å².